The first-order chi connectivity index (χ1) is 24.8. The third-order valence-electron chi connectivity index (χ3n) is 9.00. The largest absolute Gasteiger partial charge is 0.494 e. The molecule has 1 unspecified atom stereocenters. The number of piperidine rings is 1. The molecule has 3 atom stereocenters. The minimum atomic E-state index is -0.988. The molecule has 1 aliphatic heterocycles. The first-order valence-corrected chi connectivity index (χ1v) is 18.8. The van der Waals surface area contributed by atoms with Crippen LogP contribution in [0.5, 0.6) is 5.75 Å². The Morgan fingerprint density at radius 3 is 2.47 bits per heavy atom. The number of amides is 1. The number of benzene rings is 1. The van der Waals surface area contributed by atoms with Crippen molar-refractivity contribution in [2.24, 2.45) is 11.8 Å². The zero-order chi connectivity index (χ0) is 38.8. The summed E-state index contributed by atoms with van der Waals surface area (Å²) >= 11 is 0.756. The smallest absolute Gasteiger partial charge is 0.412 e. The summed E-state index contributed by atoms with van der Waals surface area (Å²) in [6.07, 6.45) is 3.17. The Kier molecular flexibility index (Phi) is 12.1. The lowest BCUT2D eigenvalue weighted by atomic mass is 9.87. The summed E-state index contributed by atoms with van der Waals surface area (Å²) in [5.74, 6) is -2.32. The van der Waals surface area contributed by atoms with Crippen LogP contribution in [0.1, 0.15) is 108 Å². The number of fused-ring (bicyclic) bond motifs is 1. The average Bonchev–Trinajstić information content (AvgIpc) is 3.63. The van der Waals surface area contributed by atoms with E-state index < -0.39 is 46.7 Å². The number of hydrogen-bond acceptors (Lipinski definition) is 11. The first-order valence-electron chi connectivity index (χ1n) is 18.0. The molecule has 0 saturated carbocycles. The molecule has 53 heavy (non-hydrogen) atoms. The van der Waals surface area contributed by atoms with Crippen molar-refractivity contribution < 1.29 is 42.1 Å². The minimum Gasteiger partial charge on any atom is -0.494 e. The van der Waals surface area contributed by atoms with E-state index in [2.05, 4.69) is 22.1 Å². The molecule has 288 valence electrons. The number of Topliss-reactive ketones (excluding diaryl/α,β-unsaturated/α-hetero) is 1. The van der Waals surface area contributed by atoms with Crippen LogP contribution in [0.4, 0.5) is 24.3 Å². The number of esters is 1. The molecule has 0 spiro atoms. The SMILES string of the molecule is COc1ccc(F)c(-c2nc(C(=O)Cc3cnc4c(c3N3C[C@H](C)C[C@H](CCOC(C)(C)C)C3)CCC4OC(C)=O)c(NC(=O)OC(C)(C)C)s2)c1F. The van der Waals surface area contributed by atoms with Crippen LogP contribution in [0.3, 0.4) is 0 Å². The van der Waals surface area contributed by atoms with Gasteiger partial charge in [-0.3, -0.25) is 19.9 Å². The van der Waals surface area contributed by atoms with Crippen molar-refractivity contribution in [3.05, 3.63) is 52.5 Å². The van der Waals surface area contributed by atoms with Crippen molar-refractivity contribution in [1.29, 1.82) is 0 Å². The molecule has 1 aromatic carbocycles. The Hall–Kier alpha value is -4.17. The lowest BCUT2D eigenvalue weighted by Crippen LogP contribution is -2.41. The molecular formula is C39H50F2N4O7S. The van der Waals surface area contributed by atoms with Gasteiger partial charge in [0.15, 0.2) is 17.3 Å². The van der Waals surface area contributed by atoms with Gasteiger partial charge in [0.25, 0.3) is 0 Å². The van der Waals surface area contributed by atoms with Crippen LogP contribution in [0, 0.1) is 23.5 Å². The summed E-state index contributed by atoms with van der Waals surface area (Å²) in [5.41, 5.74) is 1.33. The number of nitrogens with zero attached hydrogens (tertiary/aromatic N) is 3. The monoisotopic (exact) mass is 756 g/mol. The summed E-state index contributed by atoms with van der Waals surface area (Å²) in [6.45, 7) is 16.9. The summed E-state index contributed by atoms with van der Waals surface area (Å²) in [5, 5.41) is 2.41. The number of anilines is 2. The second kappa shape index (κ2) is 16.1. The normalized spacial score (nSPS) is 18.8. The number of aromatic nitrogens is 2. The van der Waals surface area contributed by atoms with E-state index in [4.69, 9.17) is 23.9 Å². The van der Waals surface area contributed by atoms with E-state index in [1.807, 2.05) is 20.8 Å². The van der Waals surface area contributed by atoms with Gasteiger partial charge in [-0.1, -0.05) is 18.3 Å². The first kappa shape index (κ1) is 40.0. The summed E-state index contributed by atoms with van der Waals surface area (Å²) < 4.78 is 52.8. The van der Waals surface area contributed by atoms with Crippen molar-refractivity contribution >= 4 is 39.9 Å². The Bertz CT molecular complexity index is 1850. The molecule has 1 aliphatic carbocycles. The summed E-state index contributed by atoms with van der Waals surface area (Å²) in [6, 6.07) is 2.21. The Morgan fingerprint density at radius 2 is 1.81 bits per heavy atom. The highest BCUT2D eigenvalue weighted by molar-refractivity contribution is 7.19. The average molecular weight is 757 g/mol. The van der Waals surface area contributed by atoms with Crippen LogP contribution >= 0.6 is 11.3 Å². The highest BCUT2D eigenvalue weighted by atomic mass is 32.1. The molecule has 2 aromatic heterocycles. The standard InChI is InChI=1S/C39H50F2N4O7S/c1-21-16-23(14-15-50-38(3,4)5)20-45(19-21)34-24(18-42-32-25(34)10-12-29(32)51-22(2)46)17-27(47)33-36(44-37(48)52-39(6,7)8)53-35(43-33)30-26(40)11-13-28(49-9)31(30)41/h11,13,18,21,23,29H,10,12,14-17,19-20H2,1-9H3,(H,44,48)/t21-,23+,29?/m1/s1. The van der Waals surface area contributed by atoms with Crippen LogP contribution in [-0.2, 0) is 31.8 Å². The molecule has 3 heterocycles. The number of ether oxygens (including phenoxy) is 4. The zero-order valence-electron chi connectivity index (χ0n) is 32.0. The van der Waals surface area contributed by atoms with Crippen molar-refractivity contribution in [1.82, 2.24) is 9.97 Å². The van der Waals surface area contributed by atoms with Gasteiger partial charge in [-0.2, -0.15) is 0 Å². The number of pyridine rings is 1. The van der Waals surface area contributed by atoms with Crippen LogP contribution in [0.2, 0.25) is 0 Å². The molecule has 1 fully saturated rings. The fraction of sp³-hybridized carbons (Fsp3) is 0.564. The fourth-order valence-electron chi connectivity index (χ4n) is 7.02. The molecule has 14 heteroatoms. The molecule has 0 radical (unpaired) electrons. The van der Waals surface area contributed by atoms with E-state index in [0.29, 0.717) is 42.5 Å². The van der Waals surface area contributed by atoms with Crippen molar-refractivity contribution in [2.75, 3.05) is 37.0 Å². The molecule has 2 aliphatic rings. The number of carbonyl (C=O) groups is 3. The van der Waals surface area contributed by atoms with Crippen LogP contribution in [0.25, 0.3) is 10.6 Å². The van der Waals surface area contributed by atoms with Gasteiger partial charge < -0.3 is 23.8 Å². The Labute approximate surface area is 313 Å². The predicted molar refractivity (Wildman–Crippen MR) is 199 cm³/mol. The highest BCUT2D eigenvalue weighted by Crippen LogP contribution is 2.43. The van der Waals surface area contributed by atoms with Gasteiger partial charge in [0.05, 0.1) is 24.0 Å². The maximum atomic E-state index is 15.4. The second-order valence-corrected chi connectivity index (χ2v) is 16.9. The van der Waals surface area contributed by atoms with Gasteiger partial charge in [-0.15, -0.1) is 0 Å². The number of nitrogens with one attached hydrogen (secondary N) is 1. The van der Waals surface area contributed by atoms with E-state index in [1.54, 1.807) is 27.0 Å². The van der Waals surface area contributed by atoms with E-state index in [-0.39, 0.29) is 33.5 Å². The lowest BCUT2D eigenvalue weighted by Gasteiger charge is -2.40. The predicted octanol–water partition coefficient (Wildman–Crippen LogP) is 8.48. The molecular weight excluding hydrogens is 707 g/mol. The number of halogens is 2. The van der Waals surface area contributed by atoms with Crippen LogP contribution in [0.15, 0.2) is 18.3 Å². The molecule has 11 nitrogen and oxygen atoms in total. The van der Waals surface area contributed by atoms with Crippen molar-refractivity contribution in [3.63, 3.8) is 0 Å². The maximum absolute atomic E-state index is 15.4. The number of carbonyl (C=O) groups excluding carboxylic acids is 3. The molecule has 3 aromatic rings. The van der Waals surface area contributed by atoms with E-state index in [0.717, 1.165) is 60.7 Å². The number of hydrogen-bond donors (Lipinski definition) is 1. The number of ketones is 1. The van der Waals surface area contributed by atoms with Gasteiger partial charge >= 0.3 is 12.1 Å². The van der Waals surface area contributed by atoms with E-state index in [1.165, 1.54) is 14.0 Å². The van der Waals surface area contributed by atoms with E-state index in [9.17, 15) is 14.4 Å². The third-order valence-corrected chi connectivity index (χ3v) is 9.99. The van der Waals surface area contributed by atoms with Gasteiger partial charge in [0.1, 0.15) is 33.2 Å². The number of methoxy groups -OCH3 is 1. The van der Waals surface area contributed by atoms with Crippen molar-refractivity contribution in [2.45, 2.75) is 105 Å². The van der Waals surface area contributed by atoms with Gasteiger partial charge in [0, 0.05) is 56.1 Å². The van der Waals surface area contributed by atoms with Crippen molar-refractivity contribution in [3.8, 4) is 16.3 Å². The van der Waals surface area contributed by atoms with Gasteiger partial charge in [-0.25, -0.2) is 18.6 Å². The maximum Gasteiger partial charge on any atom is 0.412 e. The number of rotatable bonds is 11. The summed E-state index contributed by atoms with van der Waals surface area (Å²) in [7, 11) is 1.26. The summed E-state index contributed by atoms with van der Waals surface area (Å²) in [4.78, 5) is 50.7. The minimum absolute atomic E-state index is 0.0167. The Balaban J connectivity index is 1.55. The second-order valence-electron chi connectivity index (χ2n) is 15.9. The molecule has 5 rings (SSSR count). The van der Waals surface area contributed by atoms with E-state index >= 15 is 8.78 Å². The molecule has 1 amide bonds. The van der Waals surface area contributed by atoms with Gasteiger partial charge in [-0.05, 0) is 91.2 Å². The quantitative estimate of drug-likeness (QED) is 0.150. The van der Waals surface area contributed by atoms with Crippen LogP contribution < -0.4 is 15.0 Å². The molecule has 0 bridgehead atoms. The zero-order valence-corrected chi connectivity index (χ0v) is 32.8. The molecule has 1 N–H and O–H groups in total. The highest BCUT2D eigenvalue weighted by Gasteiger charge is 2.36. The van der Waals surface area contributed by atoms with Crippen LogP contribution in [-0.4, -0.2) is 65.8 Å². The lowest BCUT2D eigenvalue weighted by molar-refractivity contribution is -0.146. The van der Waals surface area contributed by atoms with Gasteiger partial charge in [0.2, 0.25) is 0 Å². The molecule has 1 saturated heterocycles. The number of thiazole rings is 1. The topological polar surface area (TPSA) is 129 Å². The Morgan fingerprint density at radius 1 is 1.08 bits per heavy atom. The third kappa shape index (κ3) is 9.88. The fourth-order valence-corrected chi connectivity index (χ4v) is 8.03.